The van der Waals surface area contributed by atoms with Gasteiger partial charge in [-0.2, -0.15) is 15.3 Å². The Labute approximate surface area is 111 Å². The van der Waals surface area contributed by atoms with Crippen LogP contribution < -0.4 is 5.01 Å². The standard InChI is InChI=1S/C13H15N5O/c1-3-11-12-8-10(19)9-17(18(12)16(2)15-11)13-6-4-5-7-14-13/h4-8H,3,9H2,1-2H3. The summed E-state index contributed by atoms with van der Waals surface area (Å²) in [6.07, 6.45) is 4.16. The van der Waals surface area contributed by atoms with Gasteiger partial charge in [0.05, 0.1) is 5.71 Å². The molecule has 1 aromatic rings. The number of carbonyl (C=O) groups is 1. The number of hydrogen-bond acceptors (Lipinski definition) is 6. The Bertz CT molecular complexity index is 566. The topological polar surface area (TPSA) is 52.0 Å². The normalized spacial score (nSPS) is 18.4. The average Bonchev–Trinajstić information content (AvgIpc) is 2.75. The third-order valence-electron chi connectivity index (χ3n) is 3.13. The first kappa shape index (κ1) is 11.7. The van der Waals surface area contributed by atoms with E-state index < -0.39 is 0 Å². The van der Waals surface area contributed by atoms with Crippen LogP contribution in [0.4, 0.5) is 5.82 Å². The van der Waals surface area contributed by atoms with Crippen molar-refractivity contribution in [1.29, 1.82) is 0 Å². The lowest BCUT2D eigenvalue weighted by atomic mass is 10.1. The molecule has 1 aromatic heterocycles. The van der Waals surface area contributed by atoms with Gasteiger partial charge in [-0.25, -0.2) is 9.99 Å². The number of nitrogens with zero attached hydrogens (tertiary/aromatic N) is 5. The lowest BCUT2D eigenvalue weighted by Crippen LogP contribution is -2.52. The number of allylic oxidation sites excluding steroid dienone is 1. The molecule has 0 aromatic carbocycles. The van der Waals surface area contributed by atoms with E-state index in [0.29, 0.717) is 0 Å². The maximum Gasteiger partial charge on any atom is 0.179 e. The van der Waals surface area contributed by atoms with Crippen LogP contribution in [0.2, 0.25) is 0 Å². The van der Waals surface area contributed by atoms with Gasteiger partial charge in [-0.15, -0.1) is 0 Å². The fourth-order valence-electron chi connectivity index (χ4n) is 2.32. The zero-order chi connectivity index (χ0) is 13.4. The molecule has 0 saturated carbocycles. The number of pyridine rings is 1. The van der Waals surface area contributed by atoms with Crippen LogP contribution in [-0.2, 0) is 4.79 Å². The zero-order valence-corrected chi connectivity index (χ0v) is 10.9. The van der Waals surface area contributed by atoms with E-state index >= 15 is 0 Å². The Hall–Kier alpha value is -2.37. The Morgan fingerprint density at radius 3 is 2.89 bits per heavy atom. The number of carbonyl (C=O) groups excluding carboxylic acids is 1. The van der Waals surface area contributed by atoms with Gasteiger partial charge in [0.15, 0.2) is 5.78 Å². The molecule has 98 valence electrons. The minimum absolute atomic E-state index is 0.0633. The van der Waals surface area contributed by atoms with Crippen molar-refractivity contribution >= 4 is 17.3 Å². The van der Waals surface area contributed by atoms with Crippen molar-refractivity contribution in [2.45, 2.75) is 13.3 Å². The second kappa shape index (κ2) is 4.38. The summed E-state index contributed by atoms with van der Waals surface area (Å²) >= 11 is 0. The van der Waals surface area contributed by atoms with Gasteiger partial charge >= 0.3 is 0 Å². The van der Waals surface area contributed by atoms with Crippen LogP contribution in [0.5, 0.6) is 0 Å². The molecule has 0 radical (unpaired) electrons. The summed E-state index contributed by atoms with van der Waals surface area (Å²) in [5, 5.41) is 9.92. The van der Waals surface area contributed by atoms with Crippen molar-refractivity contribution in [3.8, 4) is 0 Å². The minimum Gasteiger partial charge on any atom is -0.293 e. The molecule has 0 amide bonds. The van der Waals surface area contributed by atoms with E-state index in [1.54, 1.807) is 17.4 Å². The fourth-order valence-corrected chi connectivity index (χ4v) is 2.32. The van der Waals surface area contributed by atoms with Crippen molar-refractivity contribution < 1.29 is 4.79 Å². The first-order chi connectivity index (χ1) is 9.20. The van der Waals surface area contributed by atoms with Crippen LogP contribution in [-0.4, -0.2) is 40.3 Å². The first-order valence-corrected chi connectivity index (χ1v) is 6.25. The molecule has 6 heteroatoms. The third kappa shape index (κ3) is 1.85. The smallest absolute Gasteiger partial charge is 0.179 e. The summed E-state index contributed by atoms with van der Waals surface area (Å²) < 4.78 is 0. The Balaban J connectivity index is 2.02. The molecule has 0 spiro atoms. The molecule has 2 aliphatic rings. The van der Waals surface area contributed by atoms with Gasteiger partial charge in [-0.3, -0.25) is 4.79 Å². The van der Waals surface area contributed by atoms with Crippen molar-refractivity contribution in [2.24, 2.45) is 5.10 Å². The molecule has 0 aliphatic carbocycles. The van der Waals surface area contributed by atoms with E-state index in [0.717, 1.165) is 23.6 Å². The lowest BCUT2D eigenvalue weighted by Gasteiger charge is -2.39. The Morgan fingerprint density at radius 2 is 2.21 bits per heavy atom. The second-order valence-electron chi connectivity index (χ2n) is 4.42. The van der Waals surface area contributed by atoms with Crippen molar-refractivity contribution in [2.75, 3.05) is 18.6 Å². The predicted octanol–water partition coefficient (Wildman–Crippen LogP) is 1.20. The lowest BCUT2D eigenvalue weighted by molar-refractivity contribution is -0.115. The highest BCUT2D eigenvalue weighted by atomic mass is 16.1. The van der Waals surface area contributed by atoms with Gasteiger partial charge in [-0.05, 0) is 18.6 Å². The number of hydrogen-bond donors (Lipinski definition) is 0. The predicted molar refractivity (Wildman–Crippen MR) is 72.0 cm³/mol. The van der Waals surface area contributed by atoms with E-state index in [4.69, 9.17) is 0 Å². The van der Waals surface area contributed by atoms with E-state index in [1.807, 2.05) is 42.3 Å². The van der Waals surface area contributed by atoms with Gasteiger partial charge in [-0.1, -0.05) is 13.0 Å². The maximum atomic E-state index is 11.9. The molecule has 3 rings (SSSR count). The number of ketones is 1. The number of aromatic nitrogens is 1. The largest absolute Gasteiger partial charge is 0.293 e. The summed E-state index contributed by atoms with van der Waals surface area (Å²) in [5.74, 6) is 0.800. The number of hydrazine groups is 2. The zero-order valence-electron chi connectivity index (χ0n) is 10.9. The molecule has 0 bridgehead atoms. The van der Waals surface area contributed by atoms with Gasteiger partial charge in [0.25, 0.3) is 0 Å². The number of anilines is 1. The quantitative estimate of drug-likeness (QED) is 0.796. The van der Waals surface area contributed by atoms with E-state index in [-0.39, 0.29) is 12.3 Å². The maximum absolute atomic E-state index is 11.9. The highest BCUT2D eigenvalue weighted by molar-refractivity contribution is 6.08. The van der Waals surface area contributed by atoms with E-state index in [1.165, 1.54) is 0 Å². The van der Waals surface area contributed by atoms with E-state index in [2.05, 4.69) is 10.1 Å². The molecule has 0 unspecified atom stereocenters. The highest BCUT2D eigenvalue weighted by Crippen LogP contribution is 2.28. The molecule has 6 nitrogen and oxygen atoms in total. The average molecular weight is 257 g/mol. The second-order valence-corrected chi connectivity index (χ2v) is 4.42. The van der Waals surface area contributed by atoms with Gasteiger partial charge in [0.1, 0.15) is 18.1 Å². The van der Waals surface area contributed by atoms with Crippen LogP contribution in [0.1, 0.15) is 13.3 Å². The molecule has 2 aliphatic heterocycles. The monoisotopic (exact) mass is 257 g/mol. The van der Waals surface area contributed by atoms with Crippen LogP contribution in [0.25, 0.3) is 0 Å². The SMILES string of the molecule is CCC1=NN(C)N2C1=CC(=O)CN2c1ccccn1. The fraction of sp³-hybridized carbons (Fsp3) is 0.308. The summed E-state index contributed by atoms with van der Waals surface area (Å²) in [6.45, 7) is 2.30. The molecular weight excluding hydrogens is 242 g/mol. The van der Waals surface area contributed by atoms with Gasteiger partial charge in [0.2, 0.25) is 0 Å². The summed E-state index contributed by atoms with van der Waals surface area (Å²) in [7, 11) is 1.86. The highest BCUT2D eigenvalue weighted by Gasteiger charge is 2.36. The number of hydrazone groups is 1. The van der Waals surface area contributed by atoms with E-state index in [9.17, 15) is 4.79 Å². The van der Waals surface area contributed by atoms with Crippen molar-refractivity contribution in [1.82, 2.24) is 15.2 Å². The first-order valence-electron chi connectivity index (χ1n) is 6.25. The van der Waals surface area contributed by atoms with Crippen LogP contribution >= 0.6 is 0 Å². The summed E-state index contributed by atoms with van der Waals surface area (Å²) in [6, 6.07) is 5.64. The van der Waals surface area contributed by atoms with Crippen LogP contribution in [0, 0.1) is 0 Å². The number of fused-ring (bicyclic) bond motifs is 1. The Kier molecular flexibility index (Phi) is 2.70. The van der Waals surface area contributed by atoms with Gasteiger partial charge < -0.3 is 0 Å². The molecule has 3 heterocycles. The molecule has 0 N–H and O–H groups in total. The van der Waals surface area contributed by atoms with Crippen LogP contribution in [0.15, 0.2) is 41.3 Å². The summed E-state index contributed by atoms with van der Waals surface area (Å²) in [4.78, 5) is 16.2. The van der Waals surface area contributed by atoms with Gasteiger partial charge in [0, 0.05) is 19.3 Å². The molecule has 0 fully saturated rings. The molecule has 19 heavy (non-hydrogen) atoms. The van der Waals surface area contributed by atoms with Crippen molar-refractivity contribution in [3.63, 3.8) is 0 Å². The number of rotatable bonds is 2. The molecule has 0 saturated heterocycles. The van der Waals surface area contributed by atoms with Crippen LogP contribution in [0.3, 0.4) is 0 Å². The molecule has 0 atom stereocenters. The van der Waals surface area contributed by atoms with Crippen molar-refractivity contribution in [3.05, 3.63) is 36.2 Å². The minimum atomic E-state index is 0.0633. The molecular formula is C13H15N5O. The Morgan fingerprint density at radius 1 is 1.37 bits per heavy atom. The summed E-state index contributed by atoms with van der Waals surface area (Å²) in [5.41, 5.74) is 1.75. The third-order valence-corrected chi connectivity index (χ3v) is 3.13.